The molecule has 1 unspecified atom stereocenters. The van der Waals surface area contributed by atoms with E-state index in [0.717, 1.165) is 23.8 Å². The van der Waals surface area contributed by atoms with Gasteiger partial charge in [0.2, 0.25) is 0 Å². The van der Waals surface area contributed by atoms with Gasteiger partial charge in [-0.25, -0.2) is 0 Å². The van der Waals surface area contributed by atoms with Crippen molar-refractivity contribution in [2.24, 2.45) is 0 Å². The highest BCUT2D eigenvalue weighted by molar-refractivity contribution is 5.09. The molecule has 0 saturated heterocycles. The van der Waals surface area contributed by atoms with E-state index < -0.39 is 0 Å². The summed E-state index contributed by atoms with van der Waals surface area (Å²) in [5, 5.41) is 8.20. The van der Waals surface area contributed by atoms with Crippen LogP contribution in [0.25, 0.3) is 0 Å². The van der Waals surface area contributed by atoms with Gasteiger partial charge < -0.3 is 9.73 Å². The number of rotatable bonds is 5. The van der Waals surface area contributed by atoms with Crippen molar-refractivity contribution in [2.45, 2.75) is 64.6 Å². The molecule has 1 fully saturated rings. The van der Waals surface area contributed by atoms with Crippen LogP contribution < -0.4 is 5.32 Å². The second kappa shape index (κ2) is 6.48. The molecule has 21 heavy (non-hydrogen) atoms. The zero-order valence-corrected chi connectivity index (χ0v) is 13.0. The summed E-state index contributed by atoms with van der Waals surface area (Å²) in [7, 11) is 0. The molecule has 1 saturated carbocycles. The summed E-state index contributed by atoms with van der Waals surface area (Å²) in [5.41, 5.74) is 1.11. The molecule has 2 heterocycles. The lowest BCUT2D eigenvalue weighted by Crippen LogP contribution is -2.19. The van der Waals surface area contributed by atoms with Crippen LogP contribution in [0.2, 0.25) is 0 Å². The number of aryl methyl sites for hydroxylation is 1. The van der Waals surface area contributed by atoms with E-state index in [0.29, 0.717) is 6.04 Å². The van der Waals surface area contributed by atoms with Crippen LogP contribution in [-0.2, 0) is 6.54 Å². The summed E-state index contributed by atoms with van der Waals surface area (Å²) in [6.07, 6.45) is 8.74. The molecule has 4 nitrogen and oxygen atoms in total. The van der Waals surface area contributed by atoms with Gasteiger partial charge in [0.25, 0.3) is 0 Å². The zero-order chi connectivity index (χ0) is 14.7. The molecule has 0 bridgehead atoms. The lowest BCUT2D eigenvalue weighted by Gasteiger charge is -2.21. The quantitative estimate of drug-likeness (QED) is 0.898. The van der Waals surface area contributed by atoms with Crippen LogP contribution in [0, 0.1) is 6.92 Å². The first-order valence-corrected chi connectivity index (χ1v) is 8.06. The van der Waals surface area contributed by atoms with Gasteiger partial charge in [0.1, 0.15) is 11.5 Å². The van der Waals surface area contributed by atoms with Gasteiger partial charge in [-0.1, -0.05) is 19.3 Å². The van der Waals surface area contributed by atoms with E-state index in [1.807, 2.05) is 19.1 Å². The fraction of sp³-hybridized carbons (Fsp3) is 0.588. The molecule has 114 valence electrons. The highest BCUT2D eigenvalue weighted by Gasteiger charge is 2.16. The number of hydrogen-bond donors (Lipinski definition) is 1. The lowest BCUT2D eigenvalue weighted by molar-refractivity contribution is 0.327. The van der Waals surface area contributed by atoms with Crippen LogP contribution in [0.4, 0.5) is 0 Å². The summed E-state index contributed by atoms with van der Waals surface area (Å²) >= 11 is 0. The van der Waals surface area contributed by atoms with Gasteiger partial charge in [-0.2, -0.15) is 5.10 Å². The third kappa shape index (κ3) is 3.56. The Hall–Kier alpha value is -1.55. The number of nitrogens with zero attached hydrogens (tertiary/aromatic N) is 2. The predicted octanol–water partition coefficient (Wildman–Crippen LogP) is 4.14. The van der Waals surface area contributed by atoms with Crippen LogP contribution in [0.5, 0.6) is 0 Å². The maximum absolute atomic E-state index is 5.65. The number of aromatic nitrogens is 2. The van der Waals surface area contributed by atoms with Gasteiger partial charge in [-0.3, -0.25) is 4.68 Å². The molecule has 1 aliphatic rings. The van der Waals surface area contributed by atoms with E-state index in [-0.39, 0.29) is 6.04 Å². The van der Waals surface area contributed by atoms with E-state index in [1.54, 1.807) is 0 Å². The van der Waals surface area contributed by atoms with Crippen molar-refractivity contribution < 1.29 is 4.42 Å². The van der Waals surface area contributed by atoms with Gasteiger partial charge in [0, 0.05) is 12.7 Å². The maximum Gasteiger partial charge on any atom is 0.120 e. The van der Waals surface area contributed by atoms with Crippen LogP contribution in [-0.4, -0.2) is 9.78 Å². The normalized spacial score (nSPS) is 18.0. The summed E-state index contributed by atoms with van der Waals surface area (Å²) in [6, 6.07) is 6.98. The van der Waals surface area contributed by atoms with Crippen molar-refractivity contribution in [2.75, 3.05) is 0 Å². The number of nitrogens with one attached hydrogen (secondary N) is 1. The highest BCUT2D eigenvalue weighted by Crippen LogP contribution is 2.27. The molecule has 0 spiro atoms. The summed E-state index contributed by atoms with van der Waals surface area (Å²) in [5.74, 6) is 1.94. The van der Waals surface area contributed by atoms with Crippen LogP contribution >= 0.6 is 0 Å². The molecule has 1 N–H and O–H groups in total. The Bertz CT molecular complexity index is 566. The minimum Gasteiger partial charge on any atom is -0.465 e. The average molecular weight is 287 g/mol. The standard InChI is InChI=1S/C17H25N3O/c1-13-8-9-17(21-13)14(2)18-12-15-10-11-20(19-15)16-6-4-3-5-7-16/h8-11,14,16,18H,3-7,12H2,1-2H3. The number of hydrogen-bond acceptors (Lipinski definition) is 3. The molecule has 2 aromatic heterocycles. The largest absolute Gasteiger partial charge is 0.465 e. The first-order chi connectivity index (χ1) is 10.2. The fourth-order valence-electron chi connectivity index (χ4n) is 3.07. The van der Waals surface area contributed by atoms with Crippen LogP contribution in [0.1, 0.15) is 68.3 Å². The summed E-state index contributed by atoms with van der Waals surface area (Å²) < 4.78 is 7.81. The van der Waals surface area contributed by atoms with Crippen LogP contribution in [0.3, 0.4) is 0 Å². The van der Waals surface area contributed by atoms with Crippen molar-refractivity contribution >= 4 is 0 Å². The van der Waals surface area contributed by atoms with E-state index in [4.69, 9.17) is 9.52 Å². The average Bonchev–Trinajstić information content (AvgIpc) is 3.15. The van der Waals surface area contributed by atoms with Crippen molar-refractivity contribution in [1.82, 2.24) is 15.1 Å². The fourth-order valence-corrected chi connectivity index (χ4v) is 3.07. The molecule has 1 aliphatic carbocycles. The van der Waals surface area contributed by atoms with Crippen molar-refractivity contribution in [1.29, 1.82) is 0 Å². The zero-order valence-electron chi connectivity index (χ0n) is 13.0. The van der Waals surface area contributed by atoms with Gasteiger partial charge in [-0.05, 0) is 44.9 Å². The first-order valence-electron chi connectivity index (χ1n) is 8.06. The van der Waals surface area contributed by atoms with E-state index in [1.165, 1.54) is 32.1 Å². The van der Waals surface area contributed by atoms with E-state index in [9.17, 15) is 0 Å². The third-order valence-electron chi connectivity index (χ3n) is 4.39. The molecule has 0 amide bonds. The van der Waals surface area contributed by atoms with Gasteiger partial charge in [-0.15, -0.1) is 0 Å². The second-order valence-corrected chi connectivity index (χ2v) is 6.13. The second-order valence-electron chi connectivity index (χ2n) is 6.13. The Kier molecular flexibility index (Phi) is 4.44. The van der Waals surface area contributed by atoms with Crippen LogP contribution in [0.15, 0.2) is 28.8 Å². The molecular weight excluding hydrogens is 262 g/mol. The highest BCUT2D eigenvalue weighted by atomic mass is 16.3. The summed E-state index contributed by atoms with van der Waals surface area (Å²) in [4.78, 5) is 0. The molecule has 4 heteroatoms. The maximum atomic E-state index is 5.65. The predicted molar refractivity (Wildman–Crippen MR) is 83.0 cm³/mol. The monoisotopic (exact) mass is 287 g/mol. The molecule has 0 aromatic carbocycles. The minimum atomic E-state index is 0.207. The lowest BCUT2D eigenvalue weighted by atomic mass is 9.96. The van der Waals surface area contributed by atoms with E-state index in [2.05, 4.69) is 29.2 Å². The topological polar surface area (TPSA) is 43.0 Å². The number of furan rings is 1. The van der Waals surface area contributed by atoms with E-state index >= 15 is 0 Å². The van der Waals surface area contributed by atoms with Crippen molar-refractivity contribution in [3.05, 3.63) is 41.6 Å². The minimum absolute atomic E-state index is 0.207. The molecule has 1 atom stereocenters. The Balaban J connectivity index is 1.54. The van der Waals surface area contributed by atoms with Crippen molar-refractivity contribution in [3.63, 3.8) is 0 Å². The molecule has 0 radical (unpaired) electrons. The summed E-state index contributed by atoms with van der Waals surface area (Å²) in [6.45, 7) is 4.87. The smallest absolute Gasteiger partial charge is 0.120 e. The van der Waals surface area contributed by atoms with Gasteiger partial charge >= 0.3 is 0 Å². The SMILES string of the molecule is Cc1ccc(C(C)NCc2ccn(C3CCCCC3)n2)o1. The Labute approximate surface area is 126 Å². The first kappa shape index (κ1) is 14.4. The Morgan fingerprint density at radius 1 is 1.29 bits per heavy atom. The van der Waals surface area contributed by atoms with Crippen molar-refractivity contribution in [3.8, 4) is 0 Å². The molecule has 0 aliphatic heterocycles. The molecule has 3 rings (SSSR count). The Morgan fingerprint density at radius 2 is 2.10 bits per heavy atom. The third-order valence-corrected chi connectivity index (χ3v) is 4.39. The molecular formula is C17H25N3O. The Morgan fingerprint density at radius 3 is 2.81 bits per heavy atom. The van der Waals surface area contributed by atoms with Gasteiger partial charge in [0.05, 0.1) is 17.8 Å². The molecule has 2 aromatic rings. The van der Waals surface area contributed by atoms with Gasteiger partial charge in [0.15, 0.2) is 0 Å².